The van der Waals surface area contributed by atoms with Crippen LogP contribution >= 0.6 is 0 Å². The second kappa shape index (κ2) is 4.88. The number of amides is 1. The fourth-order valence-electron chi connectivity index (χ4n) is 2.46. The molecule has 1 saturated heterocycles. The van der Waals surface area contributed by atoms with Crippen molar-refractivity contribution < 1.29 is 4.79 Å². The van der Waals surface area contributed by atoms with E-state index in [1.807, 2.05) is 11.0 Å². The number of hydrogen-bond donors (Lipinski definition) is 1. The van der Waals surface area contributed by atoms with E-state index in [1.165, 1.54) is 0 Å². The Bertz CT molecular complexity index is 515. The third kappa shape index (κ3) is 2.53. The van der Waals surface area contributed by atoms with Gasteiger partial charge in [0.25, 0.3) is 0 Å². The number of nitrogens with one attached hydrogen (secondary N) is 1. The first-order valence-electron chi connectivity index (χ1n) is 6.71. The summed E-state index contributed by atoms with van der Waals surface area (Å²) >= 11 is 0. The van der Waals surface area contributed by atoms with Crippen LogP contribution in [0.25, 0.3) is 0 Å². The average Bonchev–Trinajstić information content (AvgIpc) is 3.11. The predicted octanol–water partition coefficient (Wildman–Crippen LogP) is 1.20. The van der Waals surface area contributed by atoms with Gasteiger partial charge in [-0.05, 0) is 37.8 Å². The number of nitrogens with zero attached hydrogens (tertiary/aromatic N) is 3. The van der Waals surface area contributed by atoms with Crippen molar-refractivity contribution in [1.82, 2.24) is 10.3 Å². The van der Waals surface area contributed by atoms with Gasteiger partial charge in [-0.25, -0.2) is 4.98 Å². The van der Waals surface area contributed by atoms with Crippen LogP contribution in [0.2, 0.25) is 0 Å². The van der Waals surface area contributed by atoms with Crippen LogP contribution in [0.3, 0.4) is 0 Å². The molecule has 98 valence electrons. The first-order valence-corrected chi connectivity index (χ1v) is 6.71. The maximum atomic E-state index is 12.2. The first kappa shape index (κ1) is 12.0. The third-order valence-corrected chi connectivity index (χ3v) is 3.65. The molecule has 0 spiro atoms. The third-order valence-electron chi connectivity index (χ3n) is 3.65. The summed E-state index contributed by atoms with van der Waals surface area (Å²) in [5.74, 6) is 0.901. The molecule has 2 heterocycles. The Hall–Kier alpha value is -2.09. The van der Waals surface area contributed by atoms with E-state index >= 15 is 0 Å². The highest BCUT2D eigenvalue weighted by atomic mass is 16.2. The van der Waals surface area contributed by atoms with Gasteiger partial charge in [0.15, 0.2) is 0 Å². The van der Waals surface area contributed by atoms with E-state index in [0.29, 0.717) is 11.6 Å². The number of aromatic nitrogens is 1. The number of carbonyl (C=O) groups is 1. The number of anilines is 1. The normalized spacial score (nSPS) is 22.1. The zero-order valence-electron chi connectivity index (χ0n) is 10.7. The van der Waals surface area contributed by atoms with Crippen molar-refractivity contribution in [3.63, 3.8) is 0 Å². The van der Waals surface area contributed by atoms with Crippen LogP contribution < -0.4 is 10.2 Å². The average molecular weight is 256 g/mol. The van der Waals surface area contributed by atoms with E-state index in [-0.39, 0.29) is 11.9 Å². The molecule has 0 radical (unpaired) electrons. The molecule has 1 aromatic heterocycles. The summed E-state index contributed by atoms with van der Waals surface area (Å²) in [6, 6.07) is 5.90. The fourth-order valence-corrected chi connectivity index (χ4v) is 2.46. The van der Waals surface area contributed by atoms with Gasteiger partial charge in [0, 0.05) is 18.8 Å². The quantitative estimate of drug-likeness (QED) is 0.882. The molecule has 5 nitrogen and oxygen atoms in total. The Morgan fingerprint density at radius 2 is 2.26 bits per heavy atom. The molecular weight excluding hydrogens is 240 g/mol. The van der Waals surface area contributed by atoms with Gasteiger partial charge >= 0.3 is 0 Å². The highest BCUT2D eigenvalue weighted by Crippen LogP contribution is 2.25. The lowest BCUT2D eigenvalue weighted by Crippen LogP contribution is -2.44. The molecular formula is C14H16N4O. The largest absolute Gasteiger partial charge is 0.352 e. The van der Waals surface area contributed by atoms with Crippen LogP contribution in [0.4, 0.5) is 5.82 Å². The van der Waals surface area contributed by atoms with Crippen LogP contribution in [0, 0.1) is 11.3 Å². The molecule has 1 saturated carbocycles. The second-order valence-electron chi connectivity index (χ2n) is 5.15. The molecule has 1 aromatic rings. The Kier molecular flexibility index (Phi) is 3.08. The highest BCUT2D eigenvalue weighted by Gasteiger charge is 2.34. The molecule has 1 unspecified atom stereocenters. The summed E-state index contributed by atoms with van der Waals surface area (Å²) in [5, 5.41) is 11.8. The maximum Gasteiger partial charge on any atom is 0.242 e. The van der Waals surface area contributed by atoms with Gasteiger partial charge in [-0.3, -0.25) is 4.79 Å². The van der Waals surface area contributed by atoms with E-state index in [9.17, 15) is 4.79 Å². The van der Waals surface area contributed by atoms with E-state index in [2.05, 4.69) is 16.4 Å². The number of pyridine rings is 1. The number of hydrogen-bond acceptors (Lipinski definition) is 4. The van der Waals surface area contributed by atoms with Crippen molar-refractivity contribution in [3.05, 3.63) is 23.9 Å². The molecule has 2 fully saturated rings. The summed E-state index contributed by atoms with van der Waals surface area (Å²) in [4.78, 5) is 18.5. The Morgan fingerprint density at radius 3 is 2.89 bits per heavy atom. The van der Waals surface area contributed by atoms with Crippen LogP contribution in [0.5, 0.6) is 0 Å². The minimum atomic E-state index is -0.110. The van der Waals surface area contributed by atoms with Gasteiger partial charge in [0.1, 0.15) is 17.9 Å². The minimum absolute atomic E-state index is 0.110. The lowest BCUT2D eigenvalue weighted by Gasteiger charge is -2.24. The molecule has 1 aliphatic heterocycles. The van der Waals surface area contributed by atoms with Gasteiger partial charge in [-0.1, -0.05) is 0 Å². The smallest absolute Gasteiger partial charge is 0.242 e. The second-order valence-corrected chi connectivity index (χ2v) is 5.15. The van der Waals surface area contributed by atoms with Gasteiger partial charge < -0.3 is 10.2 Å². The molecule has 1 amide bonds. The molecule has 5 heteroatoms. The van der Waals surface area contributed by atoms with Gasteiger partial charge in [-0.2, -0.15) is 5.26 Å². The Labute approximate surface area is 112 Å². The molecule has 1 aliphatic carbocycles. The predicted molar refractivity (Wildman–Crippen MR) is 70.5 cm³/mol. The van der Waals surface area contributed by atoms with Gasteiger partial charge in [-0.15, -0.1) is 0 Å². The molecule has 0 aromatic carbocycles. The number of carbonyl (C=O) groups excluding carboxylic acids is 1. The van der Waals surface area contributed by atoms with Crippen molar-refractivity contribution in [2.45, 2.75) is 37.8 Å². The van der Waals surface area contributed by atoms with Crippen LogP contribution in [0.15, 0.2) is 18.3 Å². The molecule has 1 N–H and O–H groups in total. The lowest BCUT2D eigenvalue weighted by molar-refractivity contribution is -0.122. The van der Waals surface area contributed by atoms with E-state index in [0.717, 1.165) is 38.0 Å². The molecule has 3 rings (SSSR count). The SMILES string of the molecule is N#Cc1ccc(N2CCCC2C(=O)NC2CC2)nc1. The van der Waals surface area contributed by atoms with Crippen LogP contribution in [-0.4, -0.2) is 29.5 Å². The van der Waals surface area contributed by atoms with Crippen LogP contribution in [0.1, 0.15) is 31.2 Å². The lowest BCUT2D eigenvalue weighted by atomic mass is 10.2. The summed E-state index contributed by atoms with van der Waals surface area (Å²) in [7, 11) is 0. The molecule has 1 atom stereocenters. The van der Waals surface area contributed by atoms with Crippen molar-refractivity contribution in [3.8, 4) is 6.07 Å². The highest BCUT2D eigenvalue weighted by molar-refractivity contribution is 5.86. The molecule has 2 aliphatic rings. The van der Waals surface area contributed by atoms with Crippen molar-refractivity contribution in [2.24, 2.45) is 0 Å². The zero-order chi connectivity index (χ0) is 13.2. The maximum absolute atomic E-state index is 12.2. The van der Waals surface area contributed by atoms with Crippen molar-refractivity contribution in [2.75, 3.05) is 11.4 Å². The van der Waals surface area contributed by atoms with Crippen molar-refractivity contribution in [1.29, 1.82) is 5.26 Å². The Morgan fingerprint density at radius 1 is 1.42 bits per heavy atom. The van der Waals surface area contributed by atoms with Crippen molar-refractivity contribution >= 4 is 11.7 Å². The number of rotatable bonds is 3. The fraction of sp³-hybridized carbons (Fsp3) is 0.500. The Balaban J connectivity index is 1.74. The molecule has 19 heavy (non-hydrogen) atoms. The van der Waals surface area contributed by atoms with E-state index in [1.54, 1.807) is 12.3 Å². The summed E-state index contributed by atoms with van der Waals surface area (Å²) in [6.45, 7) is 0.849. The standard InChI is InChI=1S/C14H16N4O/c15-8-10-3-6-13(16-9-10)18-7-1-2-12(18)14(19)17-11-4-5-11/h3,6,9,11-12H,1-2,4-5,7H2,(H,17,19). The molecule has 0 bridgehead atoms. The minimum Gasteiger partial charge on any atom is -0.352 e. The monoisotopic (exact) mass is 256 g/mol. The number of nitriles is 1. The van der Waals surface area contributed by atoms with E-state index in [4.69, 9.17) is 5.26 Å². The summed E-state index contributed by atoms with van der Waals surface area (Å²) in [5.41, 5.74) is 0.543. The summed E-state index contributed by atoms with van der Waals surface area (Å²) < 4.78 is 0. The van der Waals surface area contributed by atoms with E-state index < -0.39 is 0 Å². The topological polar surface area (TPSA) is 69.0 Å². The van der Waals surface area contributed by atoms with Crippen LogP contribution in [-0.2, 0) is 4.79 Å². The zero-order valence-corrected chi connectivity index (χ0v) is 10.7. The summed E-state index contributed by atoms with van der Waals surface area (Å²) in [6.07, 6.45) is 5.65. The van der Waals surface area contributed by atoms with Gasteiger partial charge in [0.2, 0.25) is 5.91 Å². The van der Waals surface area contributed by atoms with Gasteiger partial charge in [0.05, 0.1) is 5.56 Å². The first-order chi connectivity index (χ1) is 9.28.